The van der Waals surface area contributed by atoms with Gasteiger partial charge in [0.2, 0.25) is 0 Å². The van der Waals surface area contributed by atoms with Crippen LogP contribution in [0.25, 0.3) is 11.1 Å². The SMILES string of the molecule is O=[N+]([O-])c1ccc(N2CCN(Cc3cncc(-c4ccc(F)cc4)c3)CC2)cc1. The first-order chi connectivity index (χ1) is 14.1. The maximum absolute atomic E-state index is 13.1. The minimum absolute atomic E-state index is 0.112. The molecule has 4 rings (SSSR count). The predicted octanol–water partition coefficient (Wildman–Crippen LogP) is 4.12. The van der Waals surface area contributed by atoms with Gasteiger partial charge in [-0.1, -0.05) is 12.1 Å². The highest BCUT2D eigenvalue weighted by atomic mass is 19.1. The third-order valence-corrected chi connectivity index (χ3v) is 5.18. The summed E-state index contributed by atoms with van der Waals surface area (Å²) in [5.41, 5.74) is 4.17. The molecular weight excluding hydrogens is 371 g/mol. The number of nitro benzene ring substituents is 1. The molecule has 1 aromatic heterocycles. The fraction of sp³-hybridized carbons (Fsp3) is 0.227. The second kappa shape index (κ2) is 8.36. The first-order valence-electron chi connectivity index (χ1n) is 9.50. The standard InChI is InChI=1S/C22H21FN4O2/c23-20-3-1-18(2-4-20)19-13-17(14-24-15-19)16-25-9-11-26(12-10-25)21-5-7-22(8-6-21)27(28)29/h1-8,13-15H,9-12,16H2. The number of hydrogen-bond acceptors (Lipinski definition) is 5. The van der Waals surface area contributed by atoms with E-state index in [1.165, 1.54) is 12.1 Å². The highest BCUT2D eigenvalue weighted by molar-refractivity contribution is 5.62. The van der Waals surface area contributed by atoms with Gasteiger partial charge in [0.25, 0.3) is 5.69 Å². The summed E-state index contributed by atoms with van der Waals surface area (Å²) in [6, 6.07) is 15.3. The van der Waals surface area contributed by atoms with Crippen molar-refractivity contribution in [3.05, 3.63) is 88.5 Å². The summed E-state index contributed by atoms with van der Waals surface area (Å²) >= 11 is 0. The molecule has 2 heterocycles. The van der Waals surface area contributed by atoms with Crippen LogP contribution in [0.5, 0.6) is 0 Å². The van der Waals surface area contributed by atoms with E-state index < -0.39 is 0 Å². The van der Waals surface area contributed by atoms with E-state index in [4.69, 9.17) is 0 Å². The van der Waals surface area contributed by atoms with Gasteiger partial charge < -0.3 is 4.90 Å². The van der Waals surface area contributed by atoms with Crippen molar-refractivity contribution in [3.63, 3.8) is 0 Å². The van der Waals surface area contributed by atoms with Crippen LogP contribution in [0.15, 0.2) is 67.0 Å². The van der Waals surface area contributed by atoms with Crippen LogP contribution in [0, 0.1) is 15.9 Å². The van der Waals surface area contributed by atoms with Crippen LogP contribution < -0.4 is 4.90 Å². The molecule has 0 amide bonds. The first-order valence-corrected chi connectivity index (χ1v) is 9.50. The molecule has 0 atom stereocenters. The van der Waals surface area contributed by atoms with Gasteiger partial charge in [-0.25, -0.2) is 4.39 Å². The summed E-state index contributed by atoms with van der Waals surface area (Å²) in [4.78, 5) is 19.4. The minimum Gasteiger partial charge on any atom is -0.369 e. The number of non-ortho nitro benzene ring substituents is 1. The Kier molecular flexibility index (Phi) is 5.48. The van der Waals surface area contributed by atoms with Crippen molar-refractivity contribution >= 4 is 11.4 Å². The summed E-state index contributed by atoms with van der Waals surface area (Å²) < 4.78 is 13.1. The van der Waals surface area contributed by atoms with Crippen LogP contribution in [0.3, 0.4) is 0 Å². The maximum atomic E-state index is 13.1. The molecule has 0 aliphatic carbocycles. The number of nitro groups is 1. The van der Waals surface area contributed by atoms with Crippen molar-refractivity contribution in [3.8, 4) is 11.1 Å². The highest BCUT2D eigenvalue weighted by Crippen LogP contribution is 2.23. The molecule has 29 heavy (non-hydrogen) atoms. The van der Waals surface area contributed by atoms with Gasteiger partial charge in [0.05, 0.1) is 4.92 Å². The summed E-state index contributed by atoms with van der Waals surface area (Å²) in [6.45, 7) is 4.33. The second-order valence-corrected chi connectivity index (χ2v) is 7.13. The molecule has 0 unspecified atom stereocenters. The van der Waals surface area contributed by atoms with Gasteiger partial charge in [-0.2, -0.15) is 0 Å². The van der Waals surface area contributed by atoms with Crippen molar-refractivity contribution in [2.75, 3.05) is 31.1 Å². The van der Waals surface area contributed by atoms with Gasteiger partial charge in [-0.3, -0.25) is 20.0 Å². The van der Waals surface area contributed by atoms with Gasteiger partial charge in [0.15, 0.2) is 0 Å². The Balaban J connectivity index is 1.36. The molecule has 1 saturated heterocycles. The molecule has 6 nitrogen and oxygen atoms in total. The van der Waals surface area contributed by atoms with Crippen molar-refractivity contribution in [1.29, 1.82) is 0 Å². The van der Waals surface area contributed by atoms with Crippen molar-refractivity contribution < 1.29 is 9.31 Å². The van der Waals surface area contributed by atoms with Crippen molar-refractivity contribution in [2.45, 2.75) is 6.54 Å². The normalized spacial score (nSPS) is 14.7. The topological polar surface area (TPSA) is 62.5 Å². The summed E-state index contributed by atoms with van der Waals surface area (Å²) in [5, 5.41) is 10.8. The van der Waals surface area contributed by atoms with Crippen LogP contribution in [-0.2, 0) is 6.54 Å². The quantitative estimate of drug-likeness (QED) is 0.483. The van der Waals surface area contributed by atoms with Crippen LogP contribution in [0.2, 0.25) is 0 Å². The zero-order chi connectivity index (χ0) is 20.2. The van der Waals surface area contributed by atoms with Crippen LogP contribution in [0.1, 0.15) is 5.56 Å². The number of piperazine rings is 1. The third-order valence-electron chi connectivity index (χ3n) is 5.18. The van der Waals surface area contributed by atoms with Gasteiger partial charge >= 0.3 is 0 Å². The zero-order valence-electron chi connectivity index (χ0n) is 15.9. The Hall–Kier alpha value is -3.32. The Bertz CT molecular complexity index is 984. The molecule has 148 valence electrons. The average Bonchev–Trinajstić information content (AvgIpc) is 2.75. The predicted molar refractivity (Wildman–Crippen MR) is 110 cm³/mol. The molecule has 0 N–H and O–H groups in total. The largest absolute Gasteiger partial charge is 0.369 e. The minimum atomic E-state index is -0.379. The lowest BCUT2D eigenvalue weighted by molar-refractivity contribution is -0.384. The van der Waals surface area contributed by atoms with E-state index in [9.17, 15) is 14.5 Å². The van der Waals surface area contributed by atoms with E-state index in [-0.39, 0.29) is 16.4 Å². The Morgan fingerprint density at radius 1 is 0.931 bits per heavy atom. The Morgan fingerprint density at radius 2 is 1.62 bits per heavy atom. The lowest BCUT2D eigenvalue weighted by Crippen LogP contribution is -2.45. The Morgan fingerprint density at radius 3 is 2.28 bits per heavy atom. The first kappa shape index (κ1) is 19.0. The molecule has 7 heteroatoms. The number of benzene rings is 2. The molecule has 3 aromatic rings. The average molecular weight is 392 g/mol. The number of nitrogens with zero attached hydrogens (tertiary/aromatic N) is 4. The van der Waals surface area contributed by atoms with Crippen molar-refractivity contribution in [1.82, 2.24) is 9.88 Å². The lowest BCUT2D eigenvalue weighted by atomic mass is 10.1. The molecule has 0 spiro atoms. The number of anilines is 1. The van der Waals surface area contributed by atoms with Gasteiger partial charge in [-0.15, -0.1) is 0 Å². The fourth-order valence-corrected chi connectivity index (χ4v) is 3.58. The molecule has 1 aliphatic rings. The summed E-state index contributed by atoms with van der Waals surface area (Å²) in [7, 11) is 0. The maximum Gasteiger partial charge on any atom is 0.269 e. The molecule has 1 fully saturated rings. The van der Waals surface area contributed by atoms with Gasteiger partial charge in [0, 0.05) is 68.5 Å². The second-order valence-electron chi connectivity index (χ2n) is 7.13. The van der Waals surface area contributed by atoms with E-state index in [2.05, 4.69) is 20.9 Å². The van der Waals surface area contributed by atoms with Gasteiger partial charge in [-0.05, 0) is 41.5 Å². The summed E-state index contributed by atoms with van der Waals surface area (Å²) in [5.74, 6) is -0.247. The van der Waals surface area contributed by atoms with Crippen molar-refractivity contribution in [2.24, 2.45) is 0 Å². The smallest absolute Gasteiger partial charge is 0.269 e. The molecule has 0 saturated carbocycles. The van der Waals surface area contributed by atoms with E-state index in [1.54, 1.807) is 30.5 Å². The molecular formula is C22H21FN4O2. The van der Waals surface area contributed by atoms with E-state index in [1.807, 2.05) is 18.3 Å². The number of pyridine rings is 1. The van der Waals surface area contributed by atoms with E-state index in [0.717, 1.165) is 55.1 Å². The molecule has 2 aromatic carbocycles. The lowest BCUT2D eigenvalue weighted by Gasteiger charge is -2.36. The summed E-state index contributed by atoms with van der Waals surface area (Å²) in [6.07, 6.45) is 3.67. The highest BCUT2D eigenvalue weighted by Gasteiger charge is 2.18. The number of aromatic nitrogens is 1. The zero-order valence-corrected chi connectivity index (χ0v) is 15.9. The van der Waals surface area contributed by atoms with E-state index >= 15 is 0 Å². The molecule has 1 aliphatic heterocycles. The van der Waals surface area contributed by atoms with Crippen LogP contribution in [0.4, 0.5) is 15.8 Å². The fourth-order valence-electron chi connectivity index (χ4n) is 3.58. The number of rotatable bonds is 5. The van der Waals surface area contributed by atoms with Crippen LogP contribution >= 0.6 is 0 Å². The van der Waals surface area contributed by atoms with E-state index in [0.29, 0.717) is 0 Å². The third kappa shape index (κ3) is 4.57. The van der Waals surface area contributed by atoms with Gasteiger partial charge in [0.1, 0.15) is 5.82 Å². The molecule has 0 bridgehead atoms. The number of halogens is 1. The van der Waals surface area contributed by atoms with Crippen LogP contribution in [-0.4, -0.2) is 41.0 Å². The Labute approximate surface area is 168 Å². The molecule has 0 radical (unpaired) electrons. The monoisotopic (exact) mass is 392 g/mol. The number of hydrogen-bond donors (Lipinski definition) is 0.